The molecule has 1 N–H and O–H groups in total. The van der Waals surface area contributed by atoms with Crippen LogP contribution in [0.3, 0.4) is 0 Å². The van der Waals surface area contributed by atoms with Crippen LogP contribution in [0.25, 0.3) is 0 Å². The predicted molar refractivity (Wildman–Crippen MR) is 73.2 cm³/mol. The van der Waals surface area contributed by atoms with Gasteiger partial charge in [-0.1, -0.05) is 12.1 Å². The van der Waals surface area contributed by atoms with Crippen molar-refractivity contribution < 1.29 is 4.39 Å². The van der Waals surface area contributed by atoms with E-state index in [1.165, 1.54) is 12.0 Å². The SMILES string of the molecule is CC1CN(C(C)Cc2ccc(F)cc2)CCCN1. The maximum atomic E-state index is 12.9. The smallest absolute Gasteiger partial charge is 0.123 e. The monoisotopic (exact) mass is 250 g/mol. The van der Waals surface area contributed by atoms with Gasteiger partial charge in [0.1, 0.15) is 5.82 Å². The summed E-state index contributed by atoms with van der Waals surface area (Å²) in [4.78, 5) is 2.54. The Morgan fingerprint density at radius 1 is 1.39 bits per heavy atom. The van der Waals surface area contributed by atoms with Gasteiger partial charge in [-0.2, -0.15) is 0 Å². The fourth-order valence-corrected chi connectivity index (χ4v) is 2.63. The van der Waals surface area contributed by atoms with Crippen LogP contribution in [0.1, 0.15) is 25.8 Å². The summed E-state index contributed by atoms with van der Waals surface area (Å²) in [6.07, 6.45) is 2.20. The zero-order chi connectivity index (χ0) is 13.0. The summed E-state index contributed by atoms with van der Waals surface area (Å²) < 4.78 is 12.9. The minimum atomic E-state index is -0.154. The molecule has 0 bridgehead atoms. The quantitative estimate of drug-likeness (QED) is 0.886. The molecule has 1 aliphatic heterocycles. The lowest BCUT2D eigenvalue weighted by atomic mass is 10.1. The van der Waals surface area contributed by atoms with Crippen molar-refractivity contribution in [3.63, 3.8) is 0 Å². The van der Waals surface area contributed by atoms with Crippen molar-refractivity contribution in [3.8, 4) is 0 Å². The molecule has 1 aliphatic rings. The van der Waals surface area contributed by atoms with Crippen molar-refractivity contribution in [1.29, 1.82) is 0 Å². The molecule has 1 aromatic carbocycles. The molecule has 0 amide bonds. The molecular formula is C15H23FN2. The summed E-state index contributed by atoms with van der Waals surface area (Å²) in [5.41, 5.74) is 1.22. The number of benzene rings is 1. The van der Waals surface area contributed by atoms with Crippen LogP contribution >= 0.6 is 0 Å². The van der Waals surface area contributed by atoms with Gasteiger partial charge in [-0.05, 0) is 57.5 Å². The molecule has 0 aromatic heterocycles. The van der Waals surface area contributed by atoms with Crippen LogP contribution in [-0.2, 0) is 6.42 Å². The van der Waals surface area contributed by atoms with Gasteiger partial charge < -0.3 is 5.32 Å². The molecule has 2 rings (SSSR count). The number of nitrogens with zero attached hydrogens (tertiary/aromatic N) is 1. The summed E-state index contributed by atoms with van der Waals surface area (Å²) in [6.45, 7) is 7.87. The molecular weight excluding hydrogens is 227 g/mol. The standard InChI is InChI=1S/C15H23FN2/c1-12-11-18(9-3-8-17-12)13(2)10-14-4-6-15(16)7-5-14/h4-7,12-13,17H,3,8-11H2,1-2H3. The first-order valence-electron chi connectivity index (χ1n) is 6.87. The molecule has 3 heteroatoms. The Hall–Kier alpha value is -0.930. The molecule has 0 radical (unpaired) electrons. The second-order valence-corrected chi connectivity index (χ2v) is 5.38. The van der Waals surface area contributed by atoms with Crippen LogP contribution in [0.4, 0.5) is 4.39 Å². The first-order valence-corrected chi connectivity index (χ1v) is 6.87. The number of nitrogens with one attached hydrogen (secondary N) is 1. The summed E-state index contributed by atoms with van der Waals surface area (Å²) >= 11 is 0. The van der Waals surface area contributed by atoms with E-state index in [4.69, 9.17) is 0 Å². The van der Waals surface area contributed by atoms with E-state index in [0.29, 0.717) is 12.1 Å². The molecule has 1 fully saturated rings. The Kier molecular flexibility index (Phi) is 4.72. The van der Waals surface area contributed by atoms with Crippen LogP contribution in [-0.4, -0.2) is 36.6 Å². The summed E-state index contributed by atoms with van der Waals surface area (Å²) in [6, 6.07) is 7.96. The minimum Gasteiger partial charge on any atom is -0.313 e. The molecule has 0 spiro atoms. The predicted octanol–water partition coefficient (Wildman–Crippen LogP) is 2.44. The average molecular weight is 250 g/mol. The number of rotatable bonds is 3. The highest BCUT2D eigenvalue weighted by Gasteiger charge is 2.19. The first kappa shape index (κ1) is 13.5. The molecule has 100 valence electrons. The molecule has 2 unspecified atom stereocenters. The minimum absolute atomic E-state index is 0.154. The van der Waals surface area contributed by atoms with Gasteiger partial charge in [0.15, 0.2) is 0 Å². The van der Waals surface area contributed by atoms with E-state index < -0.39 is 0 Å². The maximum absolute atomic E-state index is 12.9. The lowest BCUT2D eigenvalue weighted by Crippen LogP contribution is -2.41. The van der Waals surface area contributed by atoms with Crippen molar-refractivity contribution in [2.45, 2.75) is 38.8 Å². The molecule has 2 nitrogen and oxygen atoms in total. The molecule has 0 saturated carbocycles. The van der Waals surface area contributed by atoms with Crippen molar-refractivity contribution in [3.05, 3.63) is 35.6 Å². The number of hydrogen-bond donors (Lipinski definition) is 1. The highest BCUT2D eigenvalue weighted by molar-refractivity contribution is 5.17. The highest BCUT2D eigenvalue weighted by atomic mass is 19.1. The highest BCUT2D eigenvalue weighted by Crippen LogP contribution is 2.12. The molecule has 1 saturated heterocycles. The van der Waals surface area contributed by atoms with Crippen LogP contribution in [0.2, 0.25) is 0 Å². The normalized spacial score (nSPS) is 23.6. The van der Waals surface area contributed by atoms with E-state index in [0.717, 1.165) is 26.1 Å². The Balaban J connectivity index is 1.93. The zero-order valence-corrected chi connectivity index (χ0v) is 11.3. The van der Waals surface area contributed by atoms with Gasteiger partial charge in [0.25, 0.3) is 0 Å². The third kappa shape index (κ3) is 3.79. The van der Waals surface area contributed by atoms with Gasteiger partial charge in [0, 0.05) is 18.6 Å². The summed E-state index contributed by atoms with van der Waals surface area (Å²) in [5.74, 6) is -0.154. The fraction of sp³-hybridized carbons (Fsp3) is 0.600. The van der Waals surface area contributed by atoms with Gasteiger partial charge in [0.05, 0.1) is 0 Å². The van der Waals surface area contributed by atoms with Gasteiger partial charge in [-0.25, -0.2) is 4.39 Å². The maximum Gasteiger partial charge on any atom is 0.123 e. The first-order chi connectivity index (χ1) is 8.65. The van der Waals surface area contributed by atoms with E-state index in [2.05, 4.69) is 24.1 Å². The molecule has 0 aliphatic carbocycles. The Bertz CT molecular complexity index is 363. The Morgan fingerprint density at radius 2 is 2.11 bits per heavy atom. The Labute approximate surface area is 109 Å². The third-order valence-electron chi connectivity index (χ3n) is 3.69. The van der Waals surface area contributed by atoms with Crippen LogP contribution in [0.15, 0.2) is 24.3 Å². The molecule has 2 atom stereocenters. The van der Waals surface area contributed by atoms with Crippen molar-refractivity contribution in [2.24, 2.45) is 0 Å². The largest absolute Gasteiger partial charge is 0.313 e. The van der Waals surface area contributed by atoms with Gasteiger partial charge in [-0.3, -0.25) is 4.90 Å². The van der Waals surface area contributed by atoms with E-state index in [1.54, 1.807) is 12.1 Å². The van der Waals surface area contributed by atoms with Gasteiger partial charge in [0.2, 0.25) is 0 Å². The molecule has 1 heterocycles. The van der Waals surface area contributed by atoms with E-state index in [-0.39, 0.29) is 5.82 Å². The second kappa shape index (κ2) is 6.30. The summed E-state index contributed by atoms with van der Waals surface area (Å²) in [5, 5.41) is 3.51. The summed E-state index contributed by atoms with van der Waals surface area (Å²) in [7, 11) is 0. The van der Waals surface area contributed by atoms with Crippen molar-refractivity contribution in [1.82, 2.24) is 10.2 Å². The van der Waals surface area contributed by atoms with Crippen LogP contribution < -0.4 is 5.32 Å². The van der Waals surface area contributed by atoms with Crippen molar-refractivity contribution >= 4 is 0 Å². The number of hydrogen-bond acceptors (Lipinski definition) is 2. The molecule has 1 aromatic rings. The van der Waals surface area contributed by atoms with Crippen LogP contribution in [0, 0.1) is 5.82 Å². The van der Waals surface area contributed by atoms with E-state index in [1.807, 2.05) is 12.1 Å². The Morgan fingerprint density at radius 3 is 2.83 bits per heavy atom. The topological polar surface area (TPSA) is 15.3 Å². The van der Waals surface area contributed by atoms with Gasteiger partial charge >= 0.3 is 0 Å². The lowest BCUT2D eigenvalue weighted by molar-refractivity contribution is 0.207. The van der Waals surface area contributed by atoms with Gasteiger partial charge in [-0.15, -0.1) is 0 Å². The second-order valence-electron chi connectivity index (χ2n) is 5.38. The van der Waals surface area contributed by atoms with Crippen molar-refractivity contribution in [2.75, 3.05) is 19.6 Å². The third-order valence-corrected chi connectivity index (χ3v) is 3.69. The molecule has 18 heavy (non-hydrogen) atoms. The van der Waals surface area contributed by atoms with E-state index >= 15 is 0 Å². The lowest BCUT2D eigenvalue weighted by Gasteiger charge is -2.29. The fourth-order valence-electron chi connectivity index (χ4n) is 2.63. The number of halogens is 1. The van der Waals surface area contributed by atoms with Crippen LogP contribution in [0.5, 0.6) is 0 Å². The average Bonchev–Trinajstić information content (AvgIpc) is 2.57. The zero-order valence-electron chi connectivity index (χ0n) is 11.3. The van der Waals surface area contributed by atoms with E-state index in [9.17, 15) is 4.39 Å².